The molecule has 0 aliphatic carbocycles. The minimum Gasteiger partial charge on any atom is -0.379 e. The summed E-state index contributed by atoms with van der Waals surface area (Å²) in [7, 11) is 0. The molecule has 4 nitrogen and oxygen atoms in total. The van der Waals surface area contributed by atoms with Crippen LogP contribution in [0.15, 0.2) is 24.3 Å². The summed E-state index contributed by atoms with van der Waals surface area (Å²) >= 11 is 0. The first-order valence-corrected chi connectivity index (χ1v) is 5.46. The highest BCUT2D eigenvalue weighted by Crippen LogP contribution is 2.10. The van der Waals surface area contributed by atoms with Gasteiger partial charge in [-0.2, -0.15) is 0 Å². The van der Waals surface area contributed by atoms with E-state index < -0.39 is 0 Å². The van der Waals surface area contributed by atoms with Gasteiger partial charge >= 0.3 is 6.03 Å². The summed E-state index contributed by atoms with van der Waals surface area (Å²) in [6.45, 7) is 3.34. The molecule has 2 amide bonds. The SMILES string of the molecule is Cc1cccc(NC(=O)NC2CCOC2)c1. The van der Waals surface area contributed by atoms with Gasteiger partial charge in [0.05, 0.1) is 12.6 Å². The van der Waals surface area contributed by atoms with Gasteiger partial charge in [-0.05, 0) is 31.0 Å². The van der Waals surface area contributed by atoms with Crippen LogP contribution in [0.25, 0.3) is 0 Å². The number of anilines is 1. The summed E-state index contributed by atoms with van der Waals surface area (Å²) < 4.78 is 5.18. The number of carbonyl (C=O) groups is 1. The van der Waals surface area contributed by atoms with Crippen molar-refractivity contribution < 1.29 is 9.53 Å². The molecule has 0 bridgehead atoms. The van der Waals surface area contributed by atoms with E-state index in [1.165, 1.54) is 0 Å². The molecule has 0 aromatic heterocycles. The molecule has 1 aromatic rings. The van der Waals surface area contributed by atoms with Crippen LogP contribution < -0.4 is 10.6 Å². The number of ether oxygens (including phenoxy) is 1. The molecule has 1 aliphatic rings. The highest BCUT2D eigenvalue weighted by Gasteiger charge is 2.17. The van der Waals surface area contributed by atoms with Crippen LogP contribution in [0.2, 0.25) is 0 Å². The van der Waals surface area contributed by atoms with Gasteiger partial charge in [0.25, 0.3) is 0 Å². The number of amides is 2. The number of hydrogen-bond donors (Lipinski definition) is 2. The molecule has 1 unspecified atom stereocenters. The van der Waals surface area contributed by atoms with Crippen LogP contribution in [0, 0.1) is 6.92 Å². The fraction of sp³-hybridized carbons (Fsp3) is 0.417. The van der Waals surface area contributed by atoms with Gasteiger partial charge in [-0.1, -0.05) is 12.1 Å². The maximum atomic E-state index is 11.6. The minimum absolute atomic E-state index is 0.143. The van der Waals surface area contributed by atoms with E-state index in [0.717, 1.165) is 24.3 Å². The third-order valence-electron chi connectivity index (χ3n) is 2.54. The first-order valence-electron chi connectivity index (χ1n) is 5.46. The second-order valence-electron chi connectivity index (χ2n) is 4.03. The van der Waals surface area contributed by atoms with Gasteiger partial charge in [0.15, 0.2) is 0 Å². The third kappa shape index (κ3) is 2.97. The van der Waals surface area contributed by atoms with Crippen molar-refractivity contribution in [1.29, 1.82) is 0 Å². The van der Waals surface area contributed by atoms with Crippen molar-refractivity contribution in [3.8, 4) is 0 Å². The maximum Gasteiger partial charge on any atom is 0.319 e. The van der Waals surface area contributed by atoms with Gasteiger partial charge in [0.1, 0.15) is 0 Å². The molecule has 16 heavy (non-hydrogen) atoms. The molecule has 1 fully saturated rings. The van der Waals surface area contributed by atoms with Crippen molar-refractivity contribution in [2.75, 3.05) is 18.5 Å². The summed E-state index contributed by atoms with van der Waals surface area (Å²) in [5, 5.41) is 5.68. The van der Waals surface area contributed by atoms with Crippen LogP contribution in [0.5, 0.6) is 0 Å². The van der Waals surface area contributed by atoms with E-state index in [1.807, 2.05) is 31.2 Å². The molecule has 2 rings (SSSR count). The molecule has 1 aromatic carbocycles. The number of aryl methyl sites for hydroxylation is 1. The van der Waals surface area contributed by atoms with E-state index in [2.05, 4.69) is 10.6 Å². The van der Waals surface area contributed by atoms with Crippen molar-refractivity contribution >= 4 is 11.7 Å². The number of nitrogens with one attached hydrogen (secondary N) is 2. The Kier molecular flexibility index (Phi) is 3.41. The Bertz CT molecular complexity index is 373. The monoisotopic (exact) mass is 220 g/mol. The highest BCUT2D eigenvalue weighted by molar-refractivity contribution is 5.89. The van der Waals surface area contributed by atoms with Crippen molar-refractivity contribution in [3.63, 3.8) is 0 Å². The first-order chi connectivity index (χ1) is 7.74. The Morgan fingerprint density at radius 3 is 3.06 bits per heavy atom. The Balaban J connectivity index is 1.86. The number of urea groups is 1. The smallest absolute Gasteiger partial charge is 0.319 e. The molecule has 1 heterocycles. The number of carbonyl (C=O) groups excluding carboxylic acids is 1. The van der Waals surface area contributed by atoms with Crippen molar-refractivity contribution in [3.05, 3.63) is 29.8 Å². The fourth-order valence-corrected chi connectivity index (χ4v) is 1.72. The van der Waals surface area contributed by atoms with Crippen molar-refractivity contribution in [1.82, 2.24) is 5.32 Å². The van der Waals surface area contributed by atoms with E-state index in [0.29, 0.717) is 6.61 Å². The Hall–Kier alpha value is -1.55. The van der Waals surface area contributed by atoms with Crippen LogP contribution in [0.4, 0.5) is 10.5 Å². The lowest BCUT2D eigenvalue weighted by Gasteiger charge is -2.12. The topological polar surface area (TPSA) is 50.4 Å². The summed E-state index contributed by atoms with van der Waals surface area (Å²) in [4.78, 5) is 11.6. The fourth-order valence-electron chi connectivity index (χ4n) is 1.72. The zero-order valence-corrected chi connectivity index (χ0v) is 9.32. The molecule has 1 atom stereocenters. The molecule has 1 aliphatic heterocycles. The van der Waals surface area contributed by atoms with Crippen molar-refractivity contribution in [2.45, 2.75) is 19.4 Å². The maximum absolute atomic E-state index is 11.6. The zero-order valence-electron chi connectivity index (χ0n) is 9.32. The van der Waals surface area contributed by atoms with Crippen molar-refractivity contribution in [2.24, 2.45) is 0 Å². The highest BCUT2D eigenvalue weighted by atomic mass is 16.5. The molecule has 1 saturated heterocycles. The second kappa shape index (κ2) is 4.99. The molecule has 0 saturated carbocycles. The molecule has 2 N–H and O–H groups in total. The molecular formula is C12H16N2O2. The van der Waals surface area contributed by atoms with E-state index in [4.69, 9.17) is 4.74 Å². The zero-order chi connectivity index (χ0) is 11.4. The normalized spacial score (nSPS) is 19.4. The van der Waals surface area contributed by atoms with Gasteiger partial charge in [0, 0.05) is 12.3 Å². The van der Waals surface area contributed by atoms with Crippen LogP contribution in [-0.2, 0) is 4.74 Å². The lowest BCUT2D eigenvalue weighted by molar-refractivity contribution is 0.189. The lowest BCUT2D eigenvalue weighted by atomic mass is 10.2. The number of benzene rings is 1. The largest absolute Gasteiger partial charge is 0.379 e. The lowest BCUT2D eigenvalue weighted by Crippen LogP contribution is -2.38. The minimum atomic E-state index is -0.166. The van der Waals surface area contributed by atoms with E-state index in [-0.39, 0.29) is 12.1 Å². The van der Waals surface area contributed by atoms with Gasteiger partial charge in [-0.3, -0.25) is 0 Å². The van der Waals surface area contributed by atoms with Gasteiger partial charge in [-0.15, -0.1) is 0 Å². The Morgan fingerprint density at radius 2 is 2.38 bits per heavy atom. The third-order valence-corrected chi connectivity index (χ3v) is 2.54. The average Bonchev–Trinajstić information content (AvgIpc) is 2.70. The molecule has 4 heteroatoms. The number of rotatable bonds is 2. The summed E-state index contributed by atoms with van der Waals surface area (Å²) in [5.74, 6) is 0. The molecule has 0 spiro atoms. The first kappa shape index (κ1) is 11.0. The quantitative estimate of drug-likeness (QED) is 0.799. The molecule has 0 radical (unpaired) electrons. The van der Waals surface area contributed by atoms with Crippen LogP contribution in [0.1, 0.15) is 12.0 Å². The summed E-state index contributed by atoms with van der Waals surface area (Å²) in [6, 6.07) is 7.70. The van der Waals surface area contributed by atoms with E-state index in [1.54, 1.807) is 0 Å². The summed E-state index contributed by atoms with van der Waals surface area (Å²) in [6.07, 6.45) is 0.890. The predicted octanol–water partition coefficient (Wildman–Crippen LogP) is 1.91. The average molecular weight is 220 g/mol. The van der Waals surface area contributed by atoms with E-state index >= 15 is 0 Å². The van der Waals surface area contributed by atoms with Gasteiger partial charge < -0.3 is 15.4 Å². The second-order valence-corrected chi connectivity index (χ2v) is 4.03. The van der Waals surface area contributed by atoms with E-state index in [9.17, 15) is 4.79 Å². The Morgan fingerprint density at radius 1 is 1.50 bits per heavy atom. The molecule has 86 valence electrons. The predicted molar refractivity (Wildman–Crippen MR) is 62.6 cm³/mol. The van der Waals surface area contributed by atoms with Crippen LogP contribution >= 0.6 is 0 Å². The van der Waals surface area contributed by atoms with Crippen LogP contribution in [0.3, 0.4) is 0 Å². The molecular weight excluding hydrogens is 204 g/mol. The van der Waals surface area contributed by atoms with Crippen LogP contribution in [-0.4, -0.2) is 25.3 Å². The number of hydrogen-bond acceptors (Lipinski definition) is 2. The van der Waals surface area contributed by atoms with Gasteiger partial charge in [-0.25, -0.2) is 4.79 Å². The van der Waals surface area contributed by atoms with Gasteiger partial charge in [0.2, 0.25) is 0 Å². The Labute approximate surface area is 95.0 Å². The standard InChI is InChI=1S/C12H16N2O2/c1-9-3-2-4-10(7-9)13-12(15)14-11-5-6-16-8-11/h2-4,7,11H,5-6,8H2,1H3,(H2,13,14,15). The summed E-state index contributed by atoms with van der Waals surface area (Å²) in [5.41, 5.74) is 1.94.